The van der Waals surface area contributed by atoms with E-state index in [1.165, 1.54) is 5.56 Å². The molecule has 3 rings (SSSR count). The summed E-state index contributed by atoms with van der Waals surface area (Å²) in [5, 5.41) is 22.7. The first-order valence-electron chi connectivity index (χ1n) is 9.70. The molecule has 0 aromatic heterocycles. The standard InChI is InChI=1S/C24H28N2O2/c25-23-15-18(10-12-20-5-3-4-8-24(20)28)9-11-19(23)13-14-26-16-21-6-1-2-7-22(21)17-27/h1-9,11,15,26-28H,10,12-14,16-17,25H2. The van der Waals surface area contributed by atoms with Crippen molar-refractivity contribution in [3.63, 3.8) is 0 Å². The summed E-state index contributed by atoms with van der Waals surface area (Å²) in [7, 11) is 0. The zero-order chi connectivity index (χ0) is 19.8. The molecular formula is C24H28N2O2. The Morgan fingerprint density at radius 2 is 1.46 bits per heavy atom. The molecule has 0 heterocycles. The summed E-state index contributed by atoms with van der Waals surface area (Å²) in [6, 6.07) is 21.6. The largest absolute Gasteiger partial charge is 0.508 e. The van der Waals surface area contributed by atoms with Crippen LogP contribution in [0.4, 0.5) is 5.69 Å². The minimum absolute atomic E-state index is 0.0625. The first-order chi connectivity index (χ1) is 13.7. The molecule has 3 aromatic rings. The predicted molar refractivity (Wildman–Crippen MR) is 114 cm³/mol. The van der Waals surface area contributed by atoms with Crippen molar-refractivity contribution in [1.29, 1.82) is 0 Å². The molecule has 3 aromatic carbocycles. The third-order valence-electron chi connectivity index (χ3n) is 5.06. The van der Waals surface area contributed by atoms with E-state index in [0.717, 1.165) is 60.3 Å². The summed E-state index contributed by atoms with van der Waals surface area (Å²) >= 11 is 0. The Morgan fingerprint density at radius 1 is 0.750 bits per heavy atom. The third-order valence-corrected chi connectivity index (χ3v) is 5.06. The summed E-state index contributed by atoms with van der Waals surface area (Å²) in [5.74, 6) is 0.348. The maximum absolute atomic E-state index is 9.88. The molecule has 0 unspecified atom stereocenters. The van der Waals surface area contributed by atoms with E-state index >= 15 is 0 Å². The smallest absolute Gasteiger partial charge is 0.118 e. The number of hydrogen-bond acceptors (Lipinski definition) is 4. The fraction of sp³-hybridized carbons (Fsp3) is 0.250. The van der Waals surface area contributed by atoms with E-state index in [2.05, 4.69) is 17.4 Å². The van der Waals surface area contributed by atoms with Crippen LogP contribution in [-0.4, -0.2) is 16.8 Å². The molecule has 28 heavy (non-hydrogen) atoms. The summed E-state index contributed by atoms with van der Waals surface area (Å²) in [4.78, 5) is 0. The van der Waals surface area contributed by atoms with Gasteiger partial charge in [-0.1, -0.05) is 54.6 Å². The summed E-state index contributed by atoms with van der Waals surface area (Å²) in [6.45, 7) is 1.61. The van der Waals surface area contributed by atoms with Gasteiger partial charge in [0.05, 0.1) is 6.61 Å². The molecule has 4 nitrogen and oxygen atoms in total. The van der Waals surface area contributed by atoms with Crippen molar-refractivity contribution in [2.45, 2.75) is 32.4 Å². The fourth-order valence-corrected chi connectivity index (χ4v) is 3.36. The number of aryl methyl sites for hydroxylation is 2. The minimum atomic E-state index is 0.0625. The Balaban J connectivity index is 1.49. The van der Waals surface area contributed by atoms with Gasteiger partial charge in [0.2, 0.25) is 0 Å². The Morgan fingerprint density at radius 3 is 2.18 bits per heavy atom. The van der Waals surface area contributed by atoms with E-state index in [9.17, 15) is 10.2 Å². The summed E-state index contributed by atoms with van der Waals surface area (Å²) in [6.07, 6.45) is 2.49. The Kier molecular flexibility index (Phi) is 7.06. The van der Waals surface area contributed by atoms with Crippen molar-refractivity contribution in [3.8, 4) is 5.75 Å². The number of aliphatic hydroxyl groups excluding tert-OH is 1. The van der Waals surface area contributed by atoms with E-state index < -0.39 is 0 Å². The van der Waals surface area contributed by atoms with Gasteiger partial charge in [-0.15, -0.1) is 0 Å². The zero-order valence-corrected chi connectivity index (χ0v) is 16.1. The molecule has 0 amide bonds. The number of rotatable bonds is 9. The van der Waals surface area contributed by atoms with Gasteiger partial charge in [0.1, 0.15) is 5.75 Å². The molecular weight excluding hydrogens is 348 g/mol. The lowest BCUT2D eigenvalue weighted by Crippen LogP contribution is -2.18. The average Bonchev–Trinajstić information content (AvgIpc) is 2.72. The van der Waals surface area contributed by atoms with Crippen molar-refractivity contribution in [2.24, 2.45) is 0 Å². The SMILES string of the molecule is Nc1cc(CCc2ccccc2O)ccc1CCNCc1ccccc1CO. The van der Waals surface area contributed by atoms with Crippen LogP contribution in [0.25, 0.3) is 0 Å². The zero-order valence-electron chi connectivity index (χ0n) is 16.1. The van der Waals surface area contributed by atoms with E-state index in [1.807, 2.05) is 48.5 Å². The van der Waals surface area contributed by atoms with Crippen LogP contribution >= 0.6 is 0 Å². The van der Waals surface area contributed by atoms with Crippen LogP contribution in [0.1, 0.15) is 27.8 Å². The van der Waals surface area contributed by atoms with Crippen LogP contribution in [-0.2, 0) is 32.4 Å². The van der Waals surface area contributed by atoms with Gasteiger partial charge in [-0.2, -0.15) is 0 Å². The van der Waals surface area contributed by atoms with Gasteiger partial charge < -0.3 is 21.3 Å². The number of phenolic OH excluding ortho intramolecular Hbond substituents is 1. The minimum Gasteiger partial charge on any atom is -0.508 e. The number of nitrogens with two attached hydrogens (primary N) is 1. The molecule has 0 aliphatic heterocycles. The first kappa shape index (κ1) is 19.9. The number of para-hydroxylation sites is 1. The lowest BCUT2D eigenvalue weighted by molar-refractivity contribution is 0.280. The van der Waals surface area contributed by atoms with Gasteiger partial charge in [0.25, 0.3) is 0 Å². The molecule has 0 aliphatic carbocycles. The van der Waals surface area contributed by atoms with Crippen molar-refractivity contribution < 1.29 is 10.2 Å². The topological polar surface area (TPSA) is 78.5 Å². The van der Waals surface area contributed by atoms with Crippen LogP contribution in [0.3, 0.4) is 0 Å². The van der Waals surface area contributed by atoms with Crippen molar-refractivity contribution in [2.75, 3.05) is 12.3 Å². The maximum atomic E-state index is 9.88. The predicted octanol–water partition coefficient (Wildman–Crippen LogP) is 3.58. The highest BCUT2D eigenvalue weighted by molar-refractivity contribution is 5.49. The van der Waals surface area contributed by atoms with Gasteiger partial charge in [0, 0.05) is 12.2 Å². The molecule has 0 spiro atoms. The van der Waals surface area contributed by atoms with Crippen LogP contribution in [0.5, 0.6) is 5.75 Å². The molecule has 0 aliphatic rings. The number of aromatic hydroxyl groups is 1. The second-order valence-corrected chi connectivity index (χ2v) is 7.02. The van der Waals surface area contributed by atoms with Crippen molar-refractivity contribution >= 4 is 5.69 Å². The molecule has 0 radical (unpaired) electrons. The number of hydrogen-bond donors (Lipinski definition) is 4. The number of nitrogen functional groups attached to an aromatic ring is 1. The Labute approximate surface area is 166 Å². The van der Waals surface area contributed by atoms with Crippen LogP contribution in [0.15, 0.2) is 66.7 Å². The van der Waals surface area contributed by atoms with Crippen molar-refractivity contribution in [3.05, 3.63) is 94.5 Å². The number of phenols is 1. The monoisotopic (exact) mass is 376 g/mol. The highest BCUT2D eigenvalue weighted by Crippen LogP contribution is 2.20. The lowest BCUT2D eigenvalue weighted by Gasteiger charge is -2.11. The summed E-state index contributed by atoms with van der Waals surface area (Å²) in [5.41, 5.74) is 12.4. The second kappa shape index (κ2) is 9.93. The average molecular weight is 377 g/mol. The van der Waals surface area contributed by atoms with Gasteiger partial charge in [-0.05, 0) is 65.8 Å². The number of aliphatic hydroxyl groups is 1. The van der Waals surface area contributed by atoms with E-state index in [1.54, 1.807) is 6.07 Å². The maximum Gasteiger partial charge on any atom is 0.118 e. The van der Waals surface area contributed by atoms with Gasteiger partial charge in [-0.3, -0.25) is 0 Å². The third kappa shape index (κ3) is 5.35. The Bertz CT molecular complexity index is 909. The van der Waals surface area contributed by atoms with Crippen LogP contribution in [0.2, 0.25) is 0 Å². The Hall–Kier alpha value is -2.82. The normalized spacial score (nSPS) is 10.9. The quantitative estimate of drug-likeness (QED) is 0.340. The van der Waals surface area contributed by atoms with E-state index in [-0.39, 0.29) is 6.61 Å². The van der Waals surface area contributed by atoms with Gasteiger partial charge >= 0.3 is 0 Å². The molecule has 5 N–H and O–H groups in total. The van der Waals surface area contributed by atoms with Crippen LogP contribution < -0.4 is 11.1 Å². The second-order valence-electron chi connectivity index (χ2n) is 7.02. The highest BCUT2D eigenvalue weighted by atomic mass is 16.3. The molecule has 0 saturated heterocycles. The number of nitrogens with one attached hydrogen (secondary N) is 1. The fourth-order valence-electron chi connectivity index (χ4n) is 3.36. The molecule has 0 atom stereocenters. The van der Waals surface area contributed by atoms with Crippen LogP contribution in [0, 0.1) is 0 Å². The highest BCUT2D eigenvalue weighted by Gasteiger charge is 2.05. The first-order valence-corrected chi connectivity index (χ1v) is 9.70. The van der Waals surface area contributed by atoms with E-state index in [4.69, 9.17) is 5.73 Å². The molecule has 0 bridgehead atoms. The van der Waals surface area contributed by atoms with Gasteiger partial charge in [-0.25, -0.2) is 0 Å². The summed E-state index contributed by atoms with van der Waals surface area (Å²) < 4.78 is 0. The number of anilines is 1. The molecule has 0 fully saturated rings. The van der Waals surface area contributed by atoms with E-state index in [0.29, 0.717) is 5.75 Å². The van der Waals surface area contributed by atoms with Crippen molar-refractivity contribution in [1.82, 2.24) is 5.32 Å². The molecule has 4 heteroatoms. The van der Waals surface area contributed by atoms with Gasteiger partial charge in [0.15, 0.2) is 0 Å². The number of benzene rings is 3. The molecule has 0 saturated carbocycles. The molecule has 146 valence electrons. The lowest BCUT2D eigenvalue weighted by atomic mass is 10.0.